The summed E-state index contributed by atoms with van der Waals surface area (Å²) in [6.07, 6.45) is 5.44. The summed E-state index contributed by atoms with van der Waals surface area (Å²) in [7, 11) is 0. The van der Waals surface area contributed by atoms with Crippen LogP contribution in [-0.2, 0) is 0 Å². The van der Waals surface area contributed by atoms with Crippen LogP contribution in [0.5, 0.6) is 0 Å². The quantitative estimate of drug-likeness (QED) is 0.833. The van der Waals surface area contributed by atoms with Crippen molar-refractivity contribution in [2.45, 2.75) is 0 Å². The van der Waals surface area contributed by atoms with Gasteiger partial charge >= 0.3 is 0 Å². The summed E-state index contributed by atoms with van der Waals surface area (Å²) in [6, 6.07) is 8.18. The SMILES string of the molecule is C=Cc1cc(/C=C/c2ccc(F)cc2)[nH]n1. The summed E-state index contributed by atoms with van der Waals surface area (Å²) in [5, 5.41) is 6.86. The van der Waals surface area contributed by atoms with Gasteiger partial charge in [-0.3, -0.25) is 5.10 Å². The Hall–Kier alpha value is -2.16. The van der Waals surface area contributed by atoms with Crippen molar-refractivity contribution in [3.05, 3.63) is 59.7 Å². The molecular formula is C13H11FN2. The highest BCUT2D eigenvalue weighted by atomic mass is 19.1. The molecule has 0 fully saturated rings. The van der Waals surface area contributed by atoms with E-state index in [1.54, 1.807) is 18.2 Å². The van der Waals surface area contributed by atoms with E-state index < -0.39 is 0 Å². The number of aromatic nitrogens is 2. The number of benzene rings is 1. The fourth-order valence-corrected chi connectivity index (χ4v) is 1.30. The third-order valence-electron chi connectivity index (χ3n) is 2.15. The molecule has 1 heterocycles. The Balaban J connectivity index is 2.14. The first-order valence-corrected chi connectivity index (χ1v) is 4.89. The predicted octanol–water partition coefficient (Wildman–Crippen LogP) is 3.36. The Labute approximate surface area is 93.1 Å². The molecule has 0 atom stereocenters. The first-order chi connectivity index (χ1) is 7.78. The minimum Gasteiger partial charge on any atom is -0.278 e. The molecule has 0 aliphatic carbocycles. The number of nitrogens with one attached hydrogen (secondary N) is 1. The molecule has 2 aromatic rings. The molecule has 1 N–H and O–H groups in total. The topological polar surface area (TPSA) is 28.7 Å². The molecule has 3 heteroatoms. The van der Waals surface area contributed by atoms with E-state index in [0.29, 0.717) is 0 Å². The van der Waals surface area contributed by atoms with Crippen LogP contribution in [0.25, 0.3) is 18.2 Å². The molecule has 0 radical (unpaired) electrons. The molecule has 0 spiro atoms. The van der Waals surface area contributed by atoms with Crippen LogP contribution >= 0.6 is 0 Å². The summed E-state index contributed by atoms with van der Waals surface area (Å²) in [5.41, 5.74) is 2.63. The highest BCUT2D eigenvalue weighted by Gasteiger charge is 1.93. The van der Waals surface area contributed by atoms with E-state index in [1.165, 1.54) is 12.1 Å². The Morgan fingerprint density at radius 1 is 1.19 bits per heavy atom. The second kappa shape index (κ2) is 4.57. The van der Waals surface area contributed by atoms with Gasteiger partial charge in [0.05, 0.1) is 11.4 Å². The summed E-state index contributed by atoms with van der Waals surface area (Å²) >= 11 is 0. The predicted molar refractivity (Wildman–Crippen MR) is 64.0 cm³/mol. The zero-order valence-corrected chi connectivity index (χ0v) is 8.65. The van der Waals surface area contributed by atoms with Gasteiger partial charge in [-0.05, 0) is 35.9 Å². The van der Waals surface area contributed by atoms with Crippen LogP contribution in [-0.4, -0.2) is 10.2 Å². The maximum Gasteiger partial charge on any atom is 0.123 e. The summed E-state index contributed by atoms with van der Waals surface area (Å²) in [5.74, 6) is -0.229. The zero-order chi connectivity index (χ0) is 11.4. The van der Waals surface area contributed by atoms with Gasteiger partial charge in [-0.15, -0.1) is 0 Å². The molecule has 0 saturated carbocycles. The molecule has 2 nitrogen and oxygen atoms in total. The number of H-pyrrole nitrogens is 1. The van der Waals surface area contributed by atoms with Crippen LogP contribution in [0.3, 0.4) is 0 Å². The van der Waals surface area contributed by atoms with Gasteiger partial charge in [0.2, 0.25) is 0 Å². The Bertz CT molecular complexity index is 509. The van der Waals surface area contributed by atoms with Crippen LogP contribution in [0.15, 0.2) is 36.9 Å². The van der Waals surface area contributed by atoms with Crippen LogP contribution in [0.4, 0.5) is 4.39 Å². The monoisotopic (exact) mass is 214 g/mol. The number of halogens is 1. The summed E-state index contributed by atoms with van der Waals surface area (Å²) < 4.78 is 12.6. The maximum atomic E-state index is 12.6. The molecule has 0 amide bonds. The molecule has 1 aromatic carbocycles. The van der Waals surface area contributed by atoms with E-state index in [9.17, 15) is 4.39 Å². The van der Waals surface area contributed by atoms with Gasteiger partial charge in [0, 0.05) is 0 Å². The summed E-state index contributed by atoms with van der Waals surface area (Å²) in [4.78, 5) is 0. The second-order valence-electron chi connectivity index (χ2n) is 3.34. The first kappa shape index (κ1) is 10.4. The number of nitrogens with zero attached hydrogens (tertiary/aromatic N) is 1. The lowest BCUT2D eigenvalue weighted by Gasteiger charge is -1.91. The first-order valence-electron chi connectivity index (χ1n) is 4.89. The molecule has 0 unspecified atom stereocenters. The molecule has 1 aromatic heterocycles. The molecule has 2 rings (SSSR count). The summed E-state index contributed by atoms with van der Waals surface area (Å²) in [6.45, 7) is 3.62. The lowest BCUT2D eigenvalue weighted by atomic mass is 10.2. The molecular weight excluding hydrogens is 203 g/mol. The van der Waals surface area contributed by atoms with E-state index in [4.69, 9.17) is 0 Å². The van der Waals surface area contributed by atoms with Gasteiger partial charge in [0.25, 0.3) is 0 Å². The largest absolute Gasteiger partial charge is 0.278 e. The Morgan fingerprint density at radius 3 is 2.56 bits per heavy atom. The average molecular weight is 214 g/mol. The Kier molecular flexibility index (Phi) is 2.96. The minimum absolute atomic E-state index is 0.229. The average Bonchev–Trinajstić information content (AvgIpc) is 2.76. The fourth-order valence-electron chi connectivity index (χ4n) is 1.30. The van der Waals surface area contributed by atoms with Crippen LogP contribution in [0.2, 0.25) is 0 Å². The molecule has 0 saturated heterocycles. The van der Waals surface area contributed by atoms with Gasteiger partial charge < -0.3 is 0 Å². The molecule has 80 valence electrons. The van der Waals surface area contributed by atoms with Gasteiger partial charge in [-0.25, -0.2) is 4.39 Å². The van der Waals surface area contributed by atoms with E-state index in [0.717, 1.165) is 17.0 Å². The smallest absolute Gasteiger partial charge is 0.123 e. The number of hydrogen-bond donors (Lipinski definition) is 1. The van der Waals surface area contributed by atoms with Crippen molar-refractivity contribution in [3.8, 4) is 0 Å². The molecule has 16 heavy (non-hydrogen) atoms. The van der Waals surface area contributed by atoms with Gasteiger partial charge in [0.1, 0.15) is 5.82 Å². The van der Waals surface area contributed by atoms with E-state index >= 15 is 0 Å². The van der Waals surface area contributed by atoms with E-state index in [1.807, 2.05) is 18.2 Å². The Morgan fingerprint density at radius 2 is 1.94 bits per heavy atom. The van der Waals surface area contributed by atoms with Crippen molar-refractivity contribution in [2.75, 3.05) is 0 Å². The number of rotatable bonds is 3. The maximum absolute atomic E-state index is 12.6. The van der Waals surface area contributed by atoms with Crippen LogP contribution < -0.4 is 0 Å². The van der Waals surface area contributed by atoms with E-state index in [-0.39, 0.29) is 5.82 Å². The third kappa shape index (κ3) is 2.45. The highest BCUT2D eigenvalue weighted by Crippen LogP contribution is 2.08. The minimum atomic E-state index is -0.229. The lowest BCUT2D eigenvalue weighted by Crippen LogP contribution is -1.75. The number of hydrogen-bond acceptors (Lipinski definition) is 1. The van der Waals surface area contributed by atoms with Crippen molar-refractivity contribution in [1.29, 1.82) is 0 Å². The van der Waals surface area contributed by atoms with Crippen molar-refractivity contribution in [1.82, 2.24) is 10.2 Å². The van der Waals surface area contributed by atoms with Crippen molar-refractivity contribution in [2.24, 2.45) is 0 Å². The van der Waals surface area contributed by atoms with Crippen molar-refractivity contribution >= 4 is 18.2 Å². The molecule has 0 aliphatic rings. The van der Waals surface area contributed by atoms with Crippen LogP contribution in [0, 0.1) is 5.82 Å². The fraction of sp³-hybridized carbons (Fsp3) is 0. The van der Waals surface area contributed by atoms with Crippen LogP contribution in [0.1, 0.15) is 17.0 Å². The normalized spacial score (nSPS) is 10.8. The van der Waals surface area contributed by atoms with Gasteiger partial charge in [0.15, 0.2) is 0 Å². The standard InChI is InChI=1S/C13H11FN2/c1-2-12-9-13(16-15-12)8-5-10-3-6-11(14)7-4-10/h2-9H,1H2,(H,15,16)/b8-5+. The van der Waals surface area contributed by atoms with Gasteiger partial charge in [-0.1, -0.05) is 24.8 Å². The van der Waals surface area contributed by atoms with Crippen molar-refractivity contribution < 1.29 is 4.39 Å². The van der Waals surface area contributed by atoms with Gasteiger partial charge in [-0.2, -0.15) is 5.10 Å². The molecule has 0 bridgehead atoms. The molecule has 0 aliphatic heterocycles. The van der Waals surface area contributed by atoms with E-state index in [2.05, 4.69) is 16.8 Å². The second-order valence-corrected chi connectivity index (χ2v) is 3.34. The third-order valence-corrected chi connectivity index (χ3v) is 2.15. The lowest BCUT2D eigenvalue weighted by molar-refractivity contribution is 0.628. The van der Waals surface area contributed by atoms with Crippen molar-refractivity contribution in [3.63, 3.8) is 0 Å². The zero-order valence-electron chi connectivity index (χ0n) is 8.65. The number of aromatic amines is 1. The highest BCUT2D eigenvalue weighted by molar-refractivity contribution is 5.68.